The Bertz CT molecular complexity index is 1350. The maximum atomic E-state index is 12.8. The van der Waals surface area contributed by atoms with Gasteiger partial charge in [-0.25, -0.2) is 0 Å². The predicted octanol–water partition coefficient (Wildman–Crippen LogP) is 16.1. The van der Waals surface area contributed by atoms with E-state index in [0.29, 0.717) is 12.8 Å². The average Bonchev–Trinajstić information content (AvgIpc) is 3.27. The summed E-state index contributed by atoms with van der Waals surface area (Å²) < 4.78 is 16.7. The maximum absolute atomic E-state index is 12.8. The van der Waals surface area contributed by atoms with Crippen LogP contribution >= 0.6 is 0 Å². The van der Waals surface area contributed by atoms with Crippen molar-refractivity contribution in [3.05, 3.63) is 122 Å². The fourth-order valence-corrected chi connectivity index (χ4v) is 6.23. The fraction of sp³-hybridized carbons (Fsp3) is 0.589. The number of rotatable bonds is 42. The Kier molecular flexibility index (Phi) is 46.1. The van der Waals surface area contributed by atoms with Crippen molar-refractivity contribution in [2.24, 2.45) is 0 Å². The summed E-state index contributed by atoms with van der Waals surface area (Å²) in [5, 5.41) is 0. The van der Waals surface area contributed by atoms with Gasteiger partial charge in [-0.3, -0.25) is 14.4 Å². The van der Waals surface area contributed by atoms with Crippen LogP contribution in [-0.2, 0) is 28.6 Å². The third-order valence-corrected chi connectivity index (χ3v) is 9.90. The molecule has 0 heterocycles. The highest BCUT2D eigenvalue weighted by molar-refractivity contribution is 5.71. The minimum atomic E-state index is -0.827. The molecule has 1 atom stereocenters. The Morgan fingerprint density at radius 3 is 1.08 bits per heavy atom. The molecule has 0 aliphatic heterocycles. The van der Waals surface area contributed by atoms with Crippen molar-refractivity contribution in [1.82, 2.24) is 0 Å². The summed E-state index contributed by atoms with van der Waals surface area (Å²) in [6.07, 6.45) is 67.6. The highest BCUT2D eigenvalue weighted by atomic mass is 16.6. The molecule has 0 aliphatic rings. The summed E-state index contributed by atoms with van der Waals surface area (Å²) in [5.74, 6) is -1.05. The van der Waals surface area contributed by atoms with E-state index in [9.17, 15) is 14.4 Å². The van der Waals surface area contributed by atoms with Gasteiger partial charge in [-0.05, 0) is 77.0 Å². The van der Waals surface area contributed by atoms with E-state index in [1.54, 1.807) is 0 Å². The molecule has 1 unspecified atom stereocenters. The zero-order valence-corrected chi connectivity index (χ0v) is 39.6. The molecule has 0 aliphatic carbocycles. The van der Waals surface area contributed by atoms with E-state index in [2.05, 4.69) is 87.6 Å². The van der Waals surface area contributed by atoms with Crippen molar-refractivity contribution >= 4 is 17.9 Å². The Hall–Kier alpha value is -4.19. The van der Waals surface area contributed by atoms with Crippen LogP contribution in [0.15, 0.2) is 122 Å². The van der Waals surface area contributed by atoms with Gasteiger partial charge in [-0.2, -0.15) is 0 Å². The Balaban J connectivity index is 4.57. The molecule has 6 heteroatoms. The zero-order valence-electron chi connectivity index (χ0n) is 39.6. The van der Waals surface area contributed by atoms with Gasteiger partial charge in [0.1, 0.15) is 13.2 Å². The van der Waals surface area contributed by atoms with Gasteiger partial charge in [-0.15, -0.1) is 0 Å². The lowest BCUT2D eigenvalue weighted by atomic mass is 10.1. The first-order valence-electron chi connectivity index (χ1n) is 24.7. The van der Waals surface area contributed by atoms with Crippen LogP contribution < -0.4 is 0 Å². The molecule has 0 spiro atoms. The molecule has 0 aromatic carbocycles. The molecule has 0 fully saturated rings. The van der Waals surface area contributed by atoms with Gasteiger partial charge in [0, 0.05) is 19.3 Å². The van der Waals surface area contributed by atoms with Crippen LogP contribution in [0.2, 0.25) is 0 Å². The van der Waals surface area contributed by atoms with Crippen LogP contribution in [0, 0.1) is 0 Å². The molecule has 0 bridgehead atoms. The topological polar surface area (TPSA) is 78.9 Å². The van der Waals surface area contributed by atoms with Gasteiger partial charge in [0.2, 0.25) is 0 Å². The highest BCUT2D eigenvalue weighted by Crippen LogP contribution is 2.13. The molecule has 0 N–H and O–H groups in total. The van der Waals surface area contributed by atoms with Crippen LogP contribution in [-0.4, -0.2) is 37.2 Å². The normalized spacial score (nSPS) is 13.1. The summed E-state index contributed by atoms with van der Waals surface area (Å²) in [6, 6.07) is 0. The number of ether oxygens (including phenoxy) is 3. The SMILES string of the molecule is CC/C=C/C=C/C=C/C=C/C=C/CCCC(=O)OCC(COC(=O)CCCCC/C=C/C=C/CCCCCCCCC)OC(=O)CCCCCCCCC/C=C/C=C/C=C/CC. The monoisotopic (exact) mass is 857 g/mol. The third kappa shape index (κ3) is 46.9. The van der Waals surface area contributed by atoms with Crippen molar-refractivity contribution in [1.29, 1.82) is 0 Å². The summed E-state index contributed by atoms with van der Waals surface area (Å²) in [6.45, 7) is 6.24. The maximum Gasteiger partial charge on any atom is 0.306 e. The van der Waals surface area contributed by atoms with Gasteiger partial charge < -0.3 is 14.2 Å². The van der Waals surface area contributed by atoms with Crippen molar-refractivity contribution in [3.8, 4) is 0 Å². The second-order valence-corrected chi connectivity index (χ2v) is 15.8. The van der Waals surface area contributed by atoms with Crippen LogP contribution in [0.4, 0.5) is 0 Å². The molecular weight excluding hydrogens is 769 g/mol. The average molecular weight is 857 g/mol. The minimum Gasteiger partial charge on any atom is -0.462 e. The van der Waals surface area contributed by atoms with Crippen LogP contribution in [0.5, 0.6) is 0 Å². The molecule has 0 aromatic heterocycles. The standard InChI is InChI=1S/C56H88O6/c1-4-7-10-13-16-19-22-25-27-29-31-34-37-40-43-46-49-55(58)61-52-53(51-60-54(57)48-45-42-39-36-33-30-24-21-18-15-12-9-6-3)62-56(59)50-47-44-41-38-35-32-28-26-23-20-17-14-11-8-5-2/h8-9,11-12,14-15,17-18,20-21,23-24,27,29-31,33-34,36,39,53H,4-7,10,13,16,19,22,25-26,28,32,35,37-38,40-52H2,1-3H3/b11-8+,12-9+,17-14+,18-15+,23-20+,24-21+,29-27+,33-30+,34-31+,39-36+. The van der Waals surface area contributed by atoms with E-state index in [-0.39, 0.29) is 44.0 Å². The lowest BCUT2D eigenvalue weighted by Crippen LogP contribution is -2.30. The number of carbonyl (C=O) groups excluding carboxylic acids is 3. The first kappa shape index (κ1) is 57.8. The molecule has 6 nitrogen and oxygen atoms in total. The Morgan fingerprint density at radius 2 is 0.645 bits per heavy atom. The zero-order chi connectivity index (χ0) is 45.1. The van der Waals surface area contributed by atoms with Crippen LogP contribution in [0.3, 0.4) is 0 Å². The van der Waals surface area contributed by atoms with Gasteiger partial charge in [-0.1, -0.05) is 219 Å². The molecule has 348 valence electrons. The Morgan fingerprint density at radius 1 is 0.339 bits per heavy atom. The number of hydrogen-bond donors (Lipinski definition) is 0. The summed E-state index contributed by atoms with van der Waals surface area (Å²) >= 11 is 0. The van der Waals surface area contributed by atoms with Crippen LogP contribution in [0.1, 0.15) is 194 Å². The summed E-state index contributed by atoms with van der Waals surface area (Å²) in [5.41, 5.74) is 0. The smallest absolute Gasteiger partial charge is 0.306 e. The van der Waals surface area contributed by atoms with E-state index in [0.717, 1.165) is 83.5 Å². The van der Waals surface area contributed by atoms with E-state index in [4.69, 9.17) is 14.2 Å². The van der Waals surface area contributed by atoms with Crippen molar-refractivity contribution < 1.29 is 28.6 Å². The number of carbonyl (C=O) groups is 3. The lowest BCUT2D eigenvalue weighted by Gasteiger charge is -2.18. The van der Waals surface area contributed by atoms with Crippen molar-refractivity contribution in [2.75, 3.05) is 13.2 Å². The molecule has 62 heavy (non-hydrogen) atoms. The first-order valence-corrected chi connectivity index (χ1v) is 24.7. The molecule has 0 rings (SSSR count). The fourth-order valence-electron chi connectivity index (χ4n) is 6.23. The molecule has 0 saturated heterocycles. The van der Waals surface area contributed by atoms with E-state index < -0.39 is 6.10 Å². The predicted molar refractivity (Wildman–Crippen MR) is 265 cm³/mol. The molecular formula is C56H88O6. The molecule has 0 saturated carbocycles. The number of esters is 3. The van der Waals surface area contributed by atoms with Gasteiger partial charge in [0.05, 0.1) is 0 Å². The van der Waals surface area contributed by atoms with Gasteiger partial charge in [0.15, 0.2) is 6.10 Å². The second-order valence-electron chi connectivity index (χ2n) is 15.8. The lowest BCUT2D eigenvalue weighted by molar-refractivity contribution is -0.167. The van der Waals surface area contributed by atoms with Crippen molar-refractivity contribution in [3.63, 3.8) is 0 Å². The van der Waals surface area contributed by atoms with Gasteiger partial charge in [0.25, 0.3) is 0 Å². The number of allylic oxidation sites excluding steroid dienone is 20. The summed E-state index contributed by atoms with van der Waals surface area (Å²) in [7, 11) is 0. The minimum absolute atomic E-state index is 0.123. The second kappa shape index (κ2) is 49.5. The number of unbranched alkanes of at least 4 members (excludes halogenated alkanes) is 18. The van der Waals surface area contributed by atoms with E-state index >= 15 is 0 Å². The van der Waals surface area contributed by atoms with Gasteiger partial charge >= 0.3 is 17.9 Å². The van der Waals surface area contributed by atoms with E-state index in [1.165, 1.54) is 64.2 Å². The largest absolute Gasteiger partial charge is 0.462 e. The molecule has 0 radical (unpaired) electrons. The molecule has 0 amide bonds. The quantitative estimate of drug-likeness (QED) is 0.0263. The summed E-state index contributed by atoms with van der Waals surface area (Å²) in [4.78, 5) is 37.9. The van der Waals surface area contributed by atoms with E-state index in [1.807, 2.05) is 54.7 Å². The highest BCUT2D eigenvalue weighted by Gasteiger charge is 2.19. The first-order chi connectivity index (χ1) is 30.5. The third-order valence-electron chi connectivity index (χ3n) is 9.90. The Labute approximate surface area is 380 Å². The van der Waals surface area contributed by atoms with Crippen LogP contribution in [0.25, 0.3) is 0 Å². The number of hydrogen-bond acceptors (Lipinski definition) is 6. The van der Waals surface area contributed by atoms with Crippen molar-refractivity contribution in [2.45, 2.75) is 200 Å². The molecule has 0 aromatic rings.